The summed E-state index contributed by atoms with van der Waals surface area (Å²) >= 11 is 0. The number of anilines is 1. The molecule has 2 N–H and O–H groups in total. The Morgan fingerprint density at radius 1 is 1.40 bits per heavy atom. The van der Waals surface area contributed by atoms with Gasteiger partial charge >= 0.3 is 0 Å². The lowest BCUT2D eigenvalue weighted by atomic mass is 10.0. The van der Waals surface area contributed by atoms with E-state index in [9.17, 15) is 10.4 Å². The van der Waals surface area contributed by atoms with Crippen molar-refractivity contribution in [1.29, 1.82) is 5.26 Å². The summed E-state index contributed by atoms with van der Waals surface area (Å²) in [5.41, 5.74) is 1.44. The van der Waals surface area contributed by atoms with Crippen LogP contribution in [0.25, 0.3) is 0 Å². The molecule has 1 unspecified atom stereocenters. The molecule has 0 amide bonds. The van der Waals surface area contributed by atoms with E-state index in [0.29, 0.717) is 37.6 Å². The molecule has 1 fully saturated rings. The first-order valence-corrected chi connectivity index (χ1v) is 6.96. The van der Waals surface area contributed by atoms with Gasteiger partial charge in [-0.05, 0) is 18.4 Å². The van der Waals surface area contributed by atoms with Gasteiger partial charge in [0.15, 0.2) is 5.82 Å². The number of nitrogens with zero attached hydrogens (tertiary/aromatic N) is 3. The molecule has 6 nitrogen and oxygen atoms in total. The van der Waals surface area contributed by atoms with Crippen molar-refractivity contribution in [3.8, 4) is 6.07 Å². The SMILES string of the molecule is CCc1nnc(NCC2(O)CCOC2)c(C#N)c1CC. The predicted molar refractivity (Wildman–Crippen MR) is 74.4 cm³/mol. The van der Waals surface area contributed by atoms with Crippen molar-refractivity contribution in [2.75, 3.05) is 25.1 Å². The zero-order valence-electron chi connectivity index (χ0n) is 11.9. The zero-order valence-corrected chi connectivity index (χ0v) is 11.9. The van der Waals surface area contributed by atoms with Gasteiger partial charge in [0.25, 0.3) is 0 Å². The Kier molecular flexibility index (Phi) is 4.53. The number of hydrogen-bond acceptors (Lipinski definition) is 6. The van der Waals surface area contributed by atoms with E-state index in [1.807, 2.05) is 13.8 Å². The van der Waals surface area contributed by atoms with Crippen LogP contribution in [0.5, 0.6) is 0 Å². The van der Waals surface area contributed by atoms with Crippen molar-refractivity contribution in [3.63, 3.8) is 0 Å². The van der Waals surface area contributed by atoms with E-state index in [2.05, 4.69) is 21.6 Å². The van der Waals surface area contributed by atoms with Crippen LogP contribution in [0.1, 0.15) is 37.1 Å². The molecule has 0 saturated carbocycles. The third kappa shape index (κ3) is 2.89. The molecule has 0 spiro atoms. The van der Waals surface area contributed by atoms with Gasteiger partial charge in [0, 0.05) is 19.6 Å². The lowest BCUT2D eigenvalue weighted by Gasteiger charge is -2.21. The Labute approximate surface area is 118 Å². The first-order valence-electron chi connectivity index (χ1n) is 6.96. The first kappa shape index (κ1) is 14.7. The van der Waals surface area contributed by atoms with Crippen LogP contribution in [0.15, 0.2) is 0 Å². The number of rotatable bonds is 5. The molecule has 1 aliphatic heterocycles. The van der Waals surface area contributed by atoms with E-state index >= 15 is 0 Å². The summed E-state index contributed by atoms with van der Waals surface area (Å²) in [5, 5.41) is 30.9. The van der Waals surface area contributed by atoms with Gasteiger partial charge in [-0.1, -0.05) is 13.8 Å². The minimum Gasteiger partial charge on any atom is -0.386 e. The molecular formula is C14H20N4O2. The summed E-state index contributed by atoms with van der Waals surface area (Å²) in [6.45, 7) is 5.17. The third-order valence-corrected chi connectivity index (χ3v) is 3.63. The smallest absolute Gasteiger partial charge is 0.167 e. The van der Waals surface area contributed by atoms with E-state index in [-0.39, 0.29) is 0 Å². The maximum atomic E-state index is 10.2. The summed E-state index contributed by atoms with van der Waals surface area (Å²) in [5.74, 6) is 0.446. The fourth-order valence-corrected chi connectivity index (χ4v) is 2.40. The number of aryl methyl sites for hydroxylation is 1. The highest BCUT2D eigenvalue weighted by Crippen LogP contribution is 2.23. The maximum absolute atomic E-state index is 10.2. The van der Waals surface area contributed by atoms with Gasteiger partial charge < -0.3 is 15.2 Å². The largest absolute Gasteiger partial charge is 0.386 e. The van der Waals surface area contributed by atoms with Gasteiger partial charge in [0.05, 0.1) is 12.3 Å². The molecule has 0 aliphatic carbocycles. The Hall–Kier alpha value is -1.71. The van der Waals surface area contributed by atoms with Gasteiger partial charge in [-0.25, -0.2) is 0 Å². The number of aliphatic hydroxyl groups is 1. The normalized spacial score (nSPS) is 21.7. The van der Waals surface area contributed by atoms with Gasteiger partial charge in [0.1, 0.15) is 17.2 Å². The molecule has 1 atom stereocenters. The average molecular weight is 276 g/mol. The van der Waals surface area contributed by atoms with Crippen LogP contribution in [0.2, 0.25) is 0 Å². The Bertz CT molecular complexity index is 519. The van der Waals surface area contributed by atoms with Crippen molar-refractivity contribution in [3.05, 3.63) is 16.8 Å². The van der Waals surface area contributed by atoms with Gasteiger partial charge in [-0.3, -0.25) is 0 Å². The Morgan fingerprint density at radius 2 is 2.20 bits per heavy atom. The molecule has 6 heteroatoms. The van der Waals surface area contributed by atoms with Crippen molar-refractivity contribution in [1.82, 2.24) is 10.2 Å². The minimum atomic E-state index is -0.885. The topological polar surface area (TPSA) is 91.1 Å². The van der Waals surface area contributed by atoms with Crippen LogP contribution in [-0.2, 0) is 17.6 Å². The summed E-state index contributed by atoms with van der Waals surface area (Å²) in [6, 6.07) is 2.20. The van der Waals surface area contributed by atoms with Crippen LogP contribution in [0, 0.1) is 11.3 Å². The van der Waals surface area contributed by atoms with Crippen molar-refractivity contribution < 1.29 is 9.84 Å². The molecule has 108 valence electrons. The van der Waals surface area contributed by atoms with E-state index in [1.165, 1.54) is 0 Å². The van der Waals surface area contributed by atoms with Gasteiger partial charge in [0.2, 0.25) is 0 Å². The van der Waals surface area contributed by atoms with E-state index in [4.69, 9.17) is 4.74 Å². The molecule has 2 heterocycles. The zero-order chi connectivity index (χ0) is 14.6. The highest BCUT2D eigenvalue weighted by atomic mass is 16.5. The van der Waals surface area contributed by atoms with Gasteiger partial charge in [-0.2, -0.15) is 10.4 Å². The number of nitriles is 1. The highest BCUT2D eigenvalue weighted by Gasteiger charge is 2.32. The predicted octanol–water partition coefficient (Wildman–Crippen LogP) is 1.04. The van der Waals surface area contributed by atoms with Crippen molar-refractivity contribution in [2.45, 2.75) is 38.7 Å². The van der Waals surface area contributed by atoms with Crippen molar-refractivity contribution in [2.24, 2.45) is 0 Å². The standard InChI is InChI=1S/C14H20N4O2/c1-3-10-11(7-15)13(18-17-12(10)4-2)16-8-14(19)5-6-20-9-14/h19H,3-6,8-9H2,1-2H3,(H,16,18). The van der Waals surface area contributed by atoms with Gasteiger partial charge in [-0.15, -0.1) is 5.10 Å². The minimum absolute atomic E-state index is 0.309. The molecule has 1 aromatic rings. The van der Waals surface area contributed by atoms with E-state index in [0.717, 1.165) is 24.1 Å². The number of nitrogens with one attached hydrogen (secondary N) is 1. The molecule has 1 saturated heterocycles. The second-order valence-corrected chi connectivity index (χ2v) is 5.05. The lowest BCUT2D eigenvalue weighted by Crippen LogP contribution is -2.37. The molecule has 2 rings (SSSR count). The molecule has 0 radical (unpaired) electrons. The molecule has 0 bridgehead atoms. The summed E-state index contributed by atoms with van der Waals surface area (Å²) < 4.78 is 5.20. The second kappa shape index (κ2) is 6.16. The third-order valence-electron chi connectivity index (χ3n) is 3.63. The fourth-order valence-electron chi connectivity index (χ4n) is 2.40. The Balaban J connectivity index is 2.21. The van der Waals surface area contributed by atoms with Crippen molar-refractivity contribution >= 4 is 5.82 Å². The number of ether oxygens (including phenoxy) is 1. The molecule has 1 aromatic heterocycles. The van der Waals surface area contributed by atoms with Crippen LogP contribution >= 0.6 is 0 Å². The average Bonchev–Trinajstić information content (AvgIpc) is 2.91. The first-order chi connectivity index (χ1) is 9.63. The van der Waals surface area contributed by atoms with E-state index in [1.54, 1.807) is 0 Å². The van der Waals surface area contributed by atoms with Crippen LogP contribution < -0.4 is 5.32 Å². The maximum Gasteiger partial charge on any atom is 0.167 e. The summed E-state index contributed by atoms with van der Waals surface area (Å²) in [7, 11) is 0. The molecule has 20 heavy (non-hydrogen) atoms. The molecular weight excluding hydrogens is 256 g/mol. The fraction of sp³-hybridized carbons (Fsp3) is 0.643. The summed E-state index contributed by atoms with van der Waals surface area (Å²) in [6.07, 6.45) is 2.08. The van der Waals surface area contributed by atoms with E-state index < -0.39 is 5.60 Å². The van der Waals surface area contributed by atoms with Crippen LogP contribution in [-0.4, -0.2) is 40.7 Å². The lowest BCUT2D eigenvalue weighted by molar-refractivity contribution is 0.0381. The molecule has 0 aromatic carbocycles. The van der Waals surface area contributed by atoms with Crippen LogP contribution in [0.3, 0.4) is 0 Å². The number of hydrogen-bond donors (Lipinski definition) is 2. The monoisotopic (exact) mass is 276 g/mol. The van der Waals surface area contributed by atoms with Crippen LogP contribution in [0.4, 0.5) is 5.82 Å². The summed E-state index contributed by atoms with van der Waals surface area (Å²) in [4.78, 5) is 0. The Morgan fingerprint density at radius 3 is 2.75 bits per heavy atom. The highest BCUT2D eigenvalue weighted by molar-refractivity contribution is 5.56. The molecule has 1 aliphatic rings. The number of aromatic nitrogens is 2. The quantitative estimate of drug-likeness (QED) is 0.835. The second-order valence-electron chi connectivity index (χ2n) is 5.05.